The van der Waals surface area contributed by atoms with E-state index < -0.39 is 11.8 Å². The van der Waals surface area contributed by atoms with E-state index in [1.165, 1.54) is 5.56 Å². The number of aryl methyl sites for hydroxylation is 1. The van der Waals surface area contributed by atoms with Crippen molar-refractivity contribution in [3.8, 4) is 5.75 Å². The summed E-state index contributed by atoms with van der Waals surface area (Å²) in [5.41, 5.74) is 0.121. The Kier molecular flexibility index (Phi) is 5.25. The molecule has 0 radical (unpaired) electrons. The summed E-state index contributed by atoms with van der Waals surface area (Å²) in [7, 11) is 0. The summed E-state index contributed by atoms with van der Waals surface area (Å²) >= 11 is 0. The molecule has 2 amide bonds. The van der Waals surface area contributed by atoms with Gasteiger partial charge >= 0.3 is 6.03 Å². The molecule has 0 spiro atoms. The van der Waals surface area contributed by atoms with E-state index >= 15 is 0 Å². The smallest absolute Gasteiger partial charge is 0.319 e. The second-order valence-corrected chi connectivity index (χ2v) is 7.89. The molecule has 7 nitrogen and oxygen atoms in total. The van der Waals surface area contributed by atoms with Gasteiger partial charge in [-0.3, -0.25) is 4.90 Å². The molecule has 1 aromatic carbocycles. The average molecular weight is 375 g/mol. The number of fused-ring (bicyclic) bond motifs is 1. The van der Waals surface area contributed by atoms with Gasteiger partial charge in [0.1, 0.15) is 23.7 Å². The Morgan fingerprint density at radius 3 is 2.81 bits per heavy atom. The number of piperidine rings is 1. The number of benzene rings is 1. The van der Waals surface area contributed by atoms with Crippen LogP contribution < -0.4 is 10.1 Å². The number of urea groups is 1. The Bertz CT molecular complexity index is 675. The van der Waals surface area contributed by atoms with Crippen molar-refractivity contribution in [2.24, 2.45) is 0 Å². The van der Waals surface area contributed by atoms with E-state index in [-0.39, 0.29) is 12.1 Å². The molecule has 7 heteroatoms. The number of ether oxygens (including phenoxy) is 1. The number of carbonyl (C=O) groups is 1. The molecule has 0 bridgehead atoms. The summed E-state index contributed by atoms with van der Waals surface area (Å²) in [5, 5.41) is 24.4. The molecule has 148 valence electrons. The molecule has 2 unspecified atom stereocenters. The molecule has 0 aliphatic carbocycles. The predicted octanol–water partition coefficient (Wildman–Crippen LogP) is 0.941. The second kappa shape index (κ2) is 7.66. The molecule has 2 saturated heterocycles. The highest BCUT2D eigenvalue weighted by Crippen LogP contribution is 2.30. The number of hydrogen-bond acceptors (Lipinski definition) is 5. The van der Waals surface area contributed by atoms with Crippen LogP contribution in [0.15, 0.2) is 24.3 Å². The van der Waals surface area contributed by atoms with Crippen LogP contribution in [0.2, 0.25) is 0 Å². The molecule has 27 heavy (non-hydrogen) atoms. The zero-order valence-electron chi connectivity index (χ0n) is 15.6. The maximum Gasteiger partial charge on any atom is 0.319 e. The van der Waals surface area contributed by atoms with Crippen LogP contribution in [0, 0.1) is 0 Å². The first kappa shape index (κ1) is 18.5. The number of rotatable bonds is 4. The van der Waals surface area contributed by atoms with E-state index in [2.05, 4.69) is 16.3 Å². The highest BCUT2D eigenvalue weighted by molar-refractivity contribution is 5.75. The van der Waals surface area contributed by atoms with E-state index in [9.17, 15) is 15.0 Å². The number of hydrogen-bond donors (Lipinski definition) is 3. The monoisotopic (exact) mass is 375 g/mol. The average Bonchev–Trinajstić information content (AvgIpc) is 2.69. The van der Waals surface area contributed by atoms with Gasteiger partial charge < -0.3 is 25.2 Å². The van der Waals surface area contributed by atoms with Gasteiger partial charge in [-0.1, -0.05) is 18.2 Å². The number of nitrogens with zero attached hydrogens (tertiary/aromatic N) is 2. The maximum absolute atomic E-state index is 12.0. The lowest BCUT2D eigenvalue weighted by atomic mass is 9.96. The SMILES string of the molecule is O=C1NCCCN1C1(O)CCN(CC(O)C2CCc3ccccc3O2)CC1. The van der Waals surface area contributed by atoms with E-state index in [1.807, 2.05) is 18.2 Å². The molecule has 3 aliphatic rings. The Morgan fingerprint density at radius 1 is 1.26 bits per heavy atom. The highest BCUT2D eigenvalue weighted by atomic mass is 16.5. The van der Waals surface area contributed by atoms with Crippen LogP contribution in [0.3, 0.4) is 0 Å². The van der Waals surface area contributed by atoms with Crippen LogP contribution in [-0.4, -0.2) is 76.7 Å². The molecular weight excluding hydrogens is 346 g/mol. The van der Waals surface area contributed by atoms with Gasteiger partial charge in [0.05, 0.1) is 0 Å². The standard InChI is InChI=1S/C20H29N3O4/c24-16(18-7-6-15-4-1-2-5-17(15)27-18)14-22-12-8-20(26,9-13-22)23-11-3-10-21-19(23)25/h1-2,4-5,16,18,24,26H,3,6-14H2,(H,21,25). The van der Waals surface area contributed by atoms with Gasteiger partial charge in [0.2, 0.25) is 0 Å². The predicted molar refractivity (Wildman–Crippen MR) is 101 cm³/mol. The first-order valence-corrected chi connectivity index (χ1v) is 9.98. The lowest BCUT2D eigenvalue weighted by Crippen LogP contribution is -2.62. The third-order valence-corrected chi connectivity index (χ3v) is 6.06. The minimum atomic E-state index is -1.08. The van der Waals surface area contributed by atoms with Gasteiger partial charge in [-0.2, -0.15) is 0 Å². The molecule has 1 aromatic rings. The number of carbonyl (C=O) groups excluding carboxylic acids is 1. The first-order chi connectivity index (χ1) is 13.0. The van der Waals surface area contributed by atoms with Crippen molar-refractivity contribution in [2.75, 3.05) is 32.7 Å². The van der Waals surface area contributed by atoms with E-state index in [0.29, 0.717) is 45.6 Å². The van der Waals surface area contributed by atoms with Gasteiger partial charge in [-0.25, -0.2) is 4.79 Å². The first-order valence-electron chi connectivity index (χ1n) is 9.98. The Morgan fingerprint density at radius 2 is 2.04 bits per heavy atom. The Hall–Kier alpha value is -1.83. The van der Waals surface area contributed by atoms with Crippen molar-refractivity contribution >= 4 is 6.03 Å². The third kappa shape index (κ3) is 3.90. The highest BCUT2D eigenvalue weighted by Gasteiger charge is 2.42. The number of nitrogens with one attached hydrogen (secondary N) is 1. The number of β-amino-alcohol motifs (C(OH)–C–C–N with tert-alkyl or cyclic N) is 1. The van der Waals surface area contributed by atoms with Crippen molar-refractivity contribution in [3.05, 3.63) is 29.8 Å². The van der Waals surface area contributed by atoms with Crippen molar-refractivity contribution in [2.45, 2.75) is 50.0 Å². The molecule has 2 atom stereocenters. The zero-order chi connectivity index (χ0) is 18.9. The minimum absolute atomic E-state index is 0.175. The lowest BCUT2D eigenvalue weighted by Gasteiger charge is -2.46. The summed E-state index contributed by atoms with van der Waals surface area (Å²) in [6.07, 6.45) is 2.82. The van der Waals surface area contributed by atoms with Crippen molar-refractivity contribution in [3.63, 3.8) is 0 Å². The summed E-state index contributed by atoms with van der Waals surface area (Å²) < 4.78 is 6.00. The van der Waals surface area contributed by atoms with Crippen LogP contribution in [0.25, 0.3) is 0 Å². The van der Waals surface area contributed by atoms with Crippen molar-refractivity contribution in [1.29, 1.82) is 0 Å². The molecule has 0 saturated carbocycles. The molecular formula is C20H29N3O4. The third-order valence-electron chi connectivity index (χ3n) is 6.06. The summed E-state index contributed by atoms with van der Waals surface area (Å²) in [5.74, 6) is 0.872. The Labute approximate surface area is 159 Å². The minimum Gasteiger partial charge on any atom is -0.487 e. The molecule has 4 rings (SSSR count). The molecule has 2 fully saturated rings. The van der Waals surface area contributed by atoms with Gasteiger partial charge in [0.15, 0.2) is 0 Å². The second-order valence-electron chi connectivity index (χ2n) is 7.89. The van der Waals surface area contributed by atoms with Crippen molar-refractivity contribution in [1.82, 2.24) is 15.1 Å². The van der Waals surface area contributed by atoms with Crippen molar-refractivity contribution < 1.29 is 19.7 Å². The van der Waals surface area contributed by atoms with Crippen LogP contribution in [0.5, 0.6) is 5.75 Å². The molecule has 3 aliphatic heterocycles. The molecule has 3 N–H and O–H groups in total. The number of amides is 2. The summed E-state index contributed by atoms with van der Waals surface area (Å²) in [6, 6.07) is 7.82. The fourth-order valence-corrected chi connectivity index (χ4v) is 4.39. The van der Waals surface area contributed by atoms with E-state index in [0.717, 1.165) is 25.0 Å². The number of aliphatic hydroxyl groups is 2. The number of likely N-dealkylation sites (tertiary alicyclic amines) is 1. The normalized spacial score (nSPS) is 26.7. The molecule has 0 aromatic heterocycles. The Balaban J connectivity index is 1.30. The van der Waals surface area contributed by atoms with E-state index in [4.69, 9.17) is 4.74 Å². The fraction of sp³-hybridized carbons (Fsp3) is 0.650. The van der Waals surface area contributed by atoms with Gasteiger partial charge in [0, 0.05) is 45.6 Å². The van der Waals surface area contributed by atoms with Crippen LogP contribution in [0.4, 0.5) is 4.79 Å². The van der Waals surface area contributed by atoms with Crippen LogP contribution in [-0.2, 0) is 6.42 Å². The number of aliphatic hydroxyl groups excluding tert-OH is 1. The zero-order valence-corrected chi connectivity index (χ0v) is 15.6. The van der Waals surface area contributed by atoms with Crippen LogP contribution in [0.1, 0.15) is 31.2 Å². The lowest BCUT2D eigenvalue weighted by molar-refractivity contribution is -0.126. The van der Waals surface area contributed by atoms with Gasteiger partial charge in [0.25, 0.3) is 0 Å². The van der Waals surface area contributed by atoms with E-state index in [1.54, 1.807) is 4.90 Å². The summed E-state index contributed by atoms with van der Waals surface area (Å²) in [6.45, 7) is 3.10. The quantitative estimate of drug-likeness (QED) is 0.729. The molecule has 3 heterocycles. The fourth-order valence-electron chi connectivity index (χ4n) is 4.39. The largest absolute Gasteiger partial charge is 0.487 e. The maximum atomic E-state index is 12.0. The number of para-hydroxylation sites is 1. The van der Waals surface area contributed by atoms with Gasteiger partial charge in [-0.05, 0) is 30.9 Å². The van der Waals surface area contributed by atoms with Crippen LogP contribution >= 0.6 is 0 Å². The topological polar surface area (TPSA) is 85.3 Å². The summed E-state index contributed by atoms with van der Waals surface area (Å²) in [4.78, 5) is 15.8. The van der Waals surface area contributed by atoms with Gasteiger partial charge in [-0.15, -0.1) is 0 Å².